The van der Waals surface area contributed by atoms with Crippen LogP contribution in [0.25, 0.3) is 10.8 Å². The number of hydrogen-bond acceptors (Lipinski definition) is 8. The molecule has 2 aliphatic rings. The molecule has 0 saturated carbocycles. The molecular formula is C30H38N4O7. The number of nitrogens with one attached hydrogen (secondary N) is 1. The number of imide groups is 1. The van der Waals surface area contributed by atoms with Gasteiger partial charge < -0.3 is 14.7 Å². The zero-order chi connectivity index (χ0) is 29.7. The second-order valence-electron chi connectivity index (χ2n) is 10.9. The molecule has 2 heterocycles. The zero-order valence-electron chi connectivity index (χ0n) is 23.8. The second-order valence-corrected chi connectivity index (χ2v) is 10.9. The number of benzene rings is 2. The molecule has 0 aromatic heterocycles. The summed E-state index contributed by atoms with van der Waals surface area (Å²) in [7, 11) is 0. The number of carbonyl (C=O) groups is 5. The molecule has 0 radical (unpaired) electrons. The van der Waals surface area contributed by atoms with Gasteiger partial charge in [-0.25, -0.2) is 0 Å². The monoisotopic (exact) mass is 566 g/mol. The summed E-state index contributed by atoms with van der Waals surface area (Å²) < 4.78 is 5.00. The van der Waals surface area contributed by atoms with Crippen LogP contribution in [0.5, 0.6) is 0 Å². The molecule has 11 heteroatoms. The van der Waals surface area contributed by atoms with Crippen LogP contribution >= 0.6 is 0 Å². The number of amides is 3. The molecule has 41 heavy (non-hydrogen) atoms. The first kappa shape index (κ1) is 30.1. The second kappa shape index (κ2) is 13.2. The van der Waals surface area contributed by atoms with Crippen molar-refractivity contribution in [3.8, 4) is 0 Å². The number of hydrogen-bond donors (Lipinski definition) is 2. The van der Waals surface area contributed by atoms with E-state index in [1.807, 2.05) is 43.0 Å². The molecular weight excluding hydrogens is 528 g/mol. The minimum atomic E-state index is -1.16. The van der Waals surface area contributed by atoms with Crippen molar-refractivity contribution in [1.82, 2.24) is 20.0 Å². The Labute approximate surface area is 239 Å². The Bertz CT molecular complexity index is 1260. The highest BCUT2D eigenvalue weighted by molar-refractivity contribution is 6.23. The fourth-order valence-corrected chi connectivity index (χ4v) is 5.41. The van der Waals surface area contributed by atoms with Gasteiger partial charge >= 0.3 is 11.9 Å². The van der Waals surface area contributed by atoms with Crippen LogP contribution in [0.2, 0.25) is 0 Å². The highest BCUT2D eigenvalue weighted by Crippen LogP contribution is 2.28. The van der Waals surface area contributed by atoms with Crippen molar-refractivity contribution in [3.05, 3.63) is 47.5 Å². The maximum Gasteiger partial charge on any atom is 0.320 e. The number of ether oxygens (including phenoxy) is 1. The van der Waals surface area contributed by atoms with Crippen molar-refractivity contribution in [1.29, 1.82) is 0 Å². The lowest BCUT2D eigenvalue weighted by Crippen LogP contribution is -2.57. The number of fused-ring (bicyclic) bond motifs is 2. The molecule has 2 aliphatic heterocycles. The summed E-state index contributed by atoms with van der Waals surface area (Å²) in [5.74, 6) is -2.45. The lowest BCUT2D eigenvalue weighted by Gasteiger charge is -2.37. The van der Waals surface area contributed by atoms with Gasteiger partial charge in [0.25, 0.3) is 11.8 Å². The van der Waals surface area contributed by atoms with Crippen molar-refractivity contribution >= 4 is 40.4 Å². The Morgan fingerprint density at radius 1 is 0.951 bits per heavy atom. The van der Waals surface area contributed by atoms with Gasteiger partial charge in [0.2, 0.25) is 5.91 Å². The first-order valence-corrected chi connectivity index (χ1v) is 14.1. The Morgan fingerprint density at radius 2 is 1.54 bits per heavy atom. The first-order chi connectivity index (χ1) is 19.6. The molecule has 1 fully saturated rings. The van der Waals surface area contributed by atoms with Crippen molar-refractivity contribution in [2.45, 2.75) is 45.7 Å². The van der Waals surface area contributed by atoms with E-state index < -0.39 is 29.9 Å². The largest absolute Gasteiger partial charge is 0.480 e. The van der Waals surface area contributed by atoms with Gasteiger partial charge in [0.15, 0.2) is 0 Å². The van der Waals surface area contributed by atoms with Crippen molar-refractivity contribution < 1.29 is 33.8 Å². The van der Waals surface area contributed by atoms with Crippen LogP contribution in [0.1, 0.15) is 54.3 Å². The van der Waals surface area contributed by atoms with Gasteiger partial charge in [-0.3, -0.25) is 39.1 Å². The summed E-state index contributed by atoms with van der Waals surface area (Å²) in [5, 5.41) is 14.7. The van der Waals surface area contributed by atoms with Crippen LogP contribution in [-0.4, -0.2) is 107 Å². The van der Waals surface area contributed by atoms with Gasteiger partial charge in [0.05, 0.1) is 30.3 Å². The molecule has 4 rings (SSSR count). The number of carboxylic acids is 1. The zero-order valence-corrected chi connectivity index (χ0v) is 23.8. The van der Waals surface area contributed by atoms with Crippen molar-refractivity contribution in [2.24, 2.45) is 5.92 Å². The minimum Gasteiger partial charge on any atom is -0.480 e. The van der Waals surface area contributed by atoms with Crippen molar-refractivity contribution in [2.75, 3.05) is 45.9 Å². The number of carbonyl (C=O) groups excluding carboxylic acids is 4. The van der Waals surface area contributed by atoms with E-state index in [0.29, 0.717) is 50.3 Å². The normalized spacial score (nSPS) is 17.2. The molecule has 1 saturated heterocycles. The molecule has 2 atom stereocenters. The fraction of sp³-hybridized carbons (Fsp3) is 0.500. The smallest absolute Gasteiger partial charge is 0.320 e. The average Bonchev–Trinajstić information content (AvgIpc) is 3.17. The number of carboxylic acid groups (broad SMARTS) is 1. The highest BCUT2D eigenvalue weighted by Gasteiger charge is 2.37. The Morgan fingerprint density at radius 3 is 2.05 bits per heavy atom. The van der Waals surface area contributed by atoms with E-state index in [1.165, 1.54) is 0 Å². The molecule has 11 nitrogen and oxygen atoms in total. The summed E-state index contributed by atoms with van der Waals surface area (Å²) in [4.78, 5) is 68.4. The molecule has 0 spiro atoms. The minimum absolute atomic E-state index is 0.0461. The maximum absolute atomic E-state index is 13.5. The summed E-state index contributed by atoms with van der Waals surface area (Å²) in [6, 6.07) is 8.95. The summed E-state index contributed by atoms with van der Waals surface area (Å²) >= 11 is 0. The molecule has 0 unspecified atom stereocenters. The van der Waals surface area contributed by atoms with E-state index in [9.17, 15) is 29.1 Å². The van der Waals surface area contributed by atoms with Gasteiger partial charge in [-0.05, 0) is 48.6 Å². The van der Waals surface area contributed by atoms with Gasteiger partial charge in [0, 0.05) is 32.7 Å². The average molecular weight is 567 g/mol. The summed E-state index contributed by atoms with van der Waals surface area (Å²) in [5.41, 5.74) is 0.618. The standard InChI is InChI=1S/C30H38N4O7/c1-4-41-26(35)18-32-11-13-33(14-12-32)29(38)25(15-19(2)3)31-24(30(39)40)9-10-34-27(36)22-16-20-7-5-6-8-21(20)17-23(22)28(34)37/h5-8,16-17,19,24-25,31H,4,9-15,18H2,1-3H3,(H,39,40)/t24-,25+/m1/s1. The highest BCUT2D eigenvalue weighted by atomic mass is 16.5. The fourth-order valence-electron chi connectivity index (χ4n) is 5.41. The molecule has 2 N–H and O–H groups in total. The SMILES string of the molecule is CCOC(=O)CN1CCN(C(=O)[C@H](CC(C)C)N[C@H](CCN2C(=O)c3cc4ccccc4cc3C2=O)C(=O)O)CC1. The Kier molecular flexibility index (Phi) is 9.72. The van der Waals surface area contributed by atoms with Crippen LogP contribution in [0.4, 0.5) is 0 Å². The first-order valence-electron chi connectivity index (χ1n) is 14.1. The Hall–Kier alpha value is -3.83. The number of esters is 1. The van der Waals surface area contributed by atoms with E-state index in [2.05, 4.69) is 5.32 Å². The topological polar surface area (TPSA) is 137 Å². The number of piperazine rings is 1. The van der Waals surface area contributed by atoms with Crippen LogP contribution in [0, 0.1) is 5.92 Å². The number of nitrogens with zero attached hydrogens (tertiary/aromatic N) is 3. The van der Waals surface area contributed by atoms with E-state index in [1.54, 1.807) is 24.0 Å². The lowest BCUT2D eigenvalue weighted by molar-refractivity contribution is -0.145. The van der Waals surface area contributed by atoms with Gasteiger partial charge in [-0.2, -0.15) is 0 Å². The third-order valence-electron chi connectivity index (χ3n) is 7.53. The lowest BCUT2D eigenvalue weighted by atomic mass is 10.0. The molecule has 0 aliphatic carbocycles. The van der Waals surface area contributed by atoms with E-state index in [4.69, 9.17) is 4.74 Å². The molecule has 3 amide bonds. The summed E-state index contributed by atoms with van der Waals surface area (Å²) in [6.07, 6.45) is 0.376. The van der Waals surface area contributed by atoms with E-state index in [-0.39, 0.29) is 37.3 Å². The third-order valence-corrected chi connectivity index (χ3v) is 7.53. The van der Waals surface area contributed by atoms with Crippen molar-refractivity contribution in [3.63, 3.8) is 0 Å². The van der Waals surface area contributed by atoms with Gasteiger partial charge in [-0.15, -0.1) is 0 Å². The molecule has 2 aromatic rings. The molecule has 220 valence electrons. The van der Waals surface area contributed by atoms with E-state index >= 15 is 0 Å². The molecule has 0 bridgehead atoms. The predicted octanol–water partition coefficient (Wildman–Crippen LogP) is 1.99. The predicted molar refractivity (Wildman–Crippen MR) is 151 cm³/mol. The van der Waals surface area contributed by atoms with Crippen LogP contribution in [-0.2, 0) is 19.1 Å². The van der Waals surface area contributed by atoms with Gasteiger partial charge in [0.1, 0.15) is 6.04 Å². The molecule has 2 aromatic carbocycles. The third kappa shape index (κ3) is 7.09. The summed E-state index contributed by atoms with van der Waals surface area (Å²) in [6.45, 7) is 7.89. The van der Waals surface area contributed by atoms with E-state index in [0.717, 1.165) is 15.7 Å². The van der Waals surface area contributed by atoms with Crippen LogP contribution in [0.15, 0.2) is 36.4 Å². The van der Waals surface area contributed by atoms with Crippen LogP contribution in [0.3, 0.4) is 0 Å². The Balaban J connectivity index is 1.40. The quantitative estimate of drug-likeness (QED) is 0.292. The van der Waals surface area contributed by atoms with Gasteiger partial charge in [-0.1, -0.05) is 38.1 Å². The maximum atomic E-state index is 13.5. The number of aliphatic carboxylic acids is 1. The van der Waals surface area contributed by atoms with Crippen LogP contribution < -0.4 is 5.32 Å². The number of rotatable bonds is 12.